The molecule has 0 spiro atoms. The van der Waals surface area contributed by atoms with Gasteiger partial charge in [-0.2, -0.15) is 0 Å². The number of anilines is 1. The van der Waals surface area contributed by atoms with Gasteiger partial charge in [0.15, 0.2) is 0 Å². The zero-order chi connectivity index (χ0) is 14.9. The summed E-state index contributed by atoms with van der Waals surface area (Å²) in [6.07, 6.45) is 8.38. The van der Waals surface area contributed by atoms with Gasteiger partial charge >= 0.3 is 6.03 Å². The summed E-state index contributed by atoms with van der Waals surface area (Å²) in [5.74, 6) is 0. The van der Waals surface area contributed by atoms with E-state index in [0.717, 1.165) is 24.9 Å². The molecule has 1 saturated heterocycles. The lowest BCUT2D eigenvalue weighted by atomic mass is 9.90. The quantitative estimate of drug-likeness (QED) is 0.864. The fourth-order valence-corrected chi connectivity index (χ4v) is 4.19. The summed E-state index contributed by atoms with van der Waals surface area (Å²) in [5, 5.41) is 3.11. The molecule has 0 radical (unpaired) electrons. The van der Waals surface area contributed by atoms with Crippen LogP contribution >= 0.6 is 0 Å². The van der Waals surface area contributed by atoms with E-state index in [0.29, 0.717) is 13.2 Å². The number of hydrogen-bond acceptors (Lipinski definition) is 2. The molecule has 1 aliphatic heterocycles. The summed E-state index contributed by atoms with van der Waals surface area (Å²) < 4.78 is 5.85. The highest BCUT2D eigenvalue weighted by molar-refractivity contribution is 5.89. The minimum atomic E-state index is 0.0400. The number of nitrogens with zero attached hydrogens (tertiary/aromatic N) is 1. The third-order valence-electron chi connectivity index (χ3n) is 5.34. The molecule has 1 heterocycles. The van der Waals surface area contributed by atoms with Gasteiger partial charge in [-0.15, -0.1) is 0 Å². The van der Waals surface area contributed by atoms with Gasteiger partial charge in [0.1, 0.15) is 0 Å². The van der Waals surface area contributed by atoms with Crippen molar-refractivity contribution >= 4 is 11.7 Å². The first-order chi connectivity index (χ1) is 10.8. The Kier molecular flexibility index (Phi) is 3.78. The van der Waals surface area contributed by atoms with Crippen LogP contribution in [0.5, 0.6) is 0 Å². The molecule has 22 heavy (non-hydrogen) atoms. The molecule has 0 bridgehead atoms. The fourth-order valence-electron chi connectivity index (χ4n) is 4.19. The van der Waals surface area contributed by atoms with E-state index in [1.807, 2.05) is 11.0 Å². The molecule has 4 rings (SSSR count). The van der Waals surface area contributed by atoms with Crippen LogP contribution in [0, 0.1) is 0 Å². The van der Waals surface area contributed by atoms with E-state index in [2.05, 4.69) is 17.4 Å². The average molecular weight is 300 g/mol. The Morgan fingerprint density at radius 2 is 2.00 bits per heavy atom. The highest BCUT2D eigenvalue weighted by Crippen LogP contribution is 2.29. The van der Waals surface area contributed by atoms with Crippen molar-refractivity contribution in [1.29, 1.82) is 0 Å². The number of rotatable bonds is 1. The number of morpholine rings is 1. The fraction of sp³-hybridized carbons (Fsp3) is 0.611. The molecule has 1 aromatic carbocycles. The maximum absolute atomic E-state index is 12.7. The minimum absolute atomic E-state index is 0.0400. The first kappa shape index (κ1) is 14.1. The van der Waals surface area contributed by atoms with Gasteiger partial charge in [-0.1, -0.05) is 18.9 Å². The molecule has 2 aliphatic carbocycles. The van der Waals surface area contributed by atoms with Crippen molar-refractivity contribution in [3.63, 3.8) is 0 Å². The highest BCUT2D eigenvalue weighted by atomic mass is 16.5. The van der Waals surface area contributed by atoms with Crippen LogP contribution in [0.2, 0.25) is 0 Å². The molecule has 2 atom stereocenters. The van der Waals surface area contributed by atoms with Crippen LogP contribution in [0.4, 0.5) is 10.5 Å². The summed E-state index contributed by atoms with van der Waals surface area (Å²) in [6.45, 7) is 1.37. The van der Waals surface area contributed by atoms with Crippen molar-refractivity contribution in [3.8, 4) is 0 Å². The number of nitrogens with one attached hydrogen (secondary N) is 1. The number of urea groups is 1. The lowest BCUT2D eigenvalue weighted by Gasteiger charge is -2.43. The van der Waals surface area contributed by atoms with E-state index in [4.69, 9.17) is 4.74 Å². The monoisotopic (exact) mass is 300 g/mol. The molecule has 2 fully saturated rings. The predicted molar refractivity (Wildman–Crippen MR) is 86.2 cm³/mol. The van der Waals surface area contributed by atoms with E-state index >= 15 is 0 Å². The first-order valence-electron chi connectivity index (χ1n) is 8.62. The molecule has 1 aromatic rings. The molecule has 2 amide bonds. The third-order valence-corrected chi connectivity index (χ3v) is 5.34. The third kappa shape index (κ3) is 2.60. The number of benzene rings is 1. The Bertz CT molecular complexity index is 570. The Morgan fingerprint density at radius 1 is 1.14 bits per heavy atom. The van der Waals surface area contributed by atoms with Crippen molar-refractivity contribution in [2.24, 2.45) is 0 Å². The van der Waals surface area contributed by atoms with Crippen LogP contribution in [0.15, 0.2) is 18.2 Å². The molecular formula is C18H24N2O2. The summed E-state index contributed by atoms with van der Waals surface area (Å²) in [5.41, 5.74) is 3.77. The second-order valence-electron chi connectivity index (χ2n) is 6.72. The van der Waals surface area contributed by atoms with Crippen LogP contribution in [0.3, 0.4) is 0 Å². The number of aryl methyl sites for hydroxylation is 2. The van der Waals surface area contributed by atoms with Gasteiger partial charge < -0.3 is 15.0 Å². The number of ether oxygens (including phenoxy) is 1. The topological polar surface area (TPSA) is 41.6 Å². The molecule has 0 unspecified atom stereocenters. The predicted octanol–water partition coefficient (Wildman–Crippen LogP) is 3.35. The smallest absolute Gasteiger partial charge is 0.322 e. The number of carbonyl (C=O) groups excluding carboxylic acids is 1. The second-order valence-corrected chi connectivity index (χ2v) is 6.72. The minimum Gasteiger partial charge on any atom is -0.374 e. The normalized spacial score (nSPS) is 27.2. The second kappa shape index (κ2) is 5.92. The number of hydrogen-bond donors (Lipinski definition) is 1. The van der Waals surface area contributed by atoms with Gasteiger partial charge in [0.25, 0.3) is 0 Å². The van der Waals surface area contributed by atoms with Crippen molar-refractivity contribution in [2.45, 2.75) is 57.1 Å². The zero-order valence-electron chi connectivity index (χ0n) is 13.0. The first-order valence-corrected chi connectivity index (χ1v) is 8.62. The van der Waals surface area contributed by atoms with E-state index in [9.17, 15) is 4.79 Å². The molecule has 4 heteroatoms. The van der Waals surface area contributed by atoms with Gasteiger partial charge in [0, 0.05) is 12.2 Å². The van der Waals surface area contributed by atoms with Gasteiger partial charge in [0.2, 0.25) is 0 Å². The van der Waals surface area contributed by atoms with Gasteiger partial charge in [-0.25, -0.2) is 4.79 Å². The van der Waals surface area contributed by atoms with Crippen LogP contribution in [0.1, 0.15) is 43.2 Å². The summed E-state index contributed by atoms with van der Waals surface area (Å²) >= 11 is 0. The molecule has 118 valence electrons. The maximum Gasteiger partial charge on any atom is 0.322 e. The Morgan fingerprint density at radius 3 is 2.95 bits per heavy atom. The molecule has 0 aromatic heterocycles. The lowest BCUT2D eigenvalue weighted by molar-refractivity contribution is -0.0694. The zero-order valence-corrected chi connectivity index (χ0v) is 13.0. The van der Waals surface area contributed by atoms with E-state index < -0.39 is 0 Å². The average Bonchev–Trinajstić information content (AvgIpc) is 3.02. The molecule has 1 N–H and O–H groups in total. The van der Waals surface area contributed by atoms with Crippen LogP contribution in [0.25, 0.3) is 0 Å². The van der Waals surface area contributed by atoms with Crippen molar-refractivity contribution in [2.75, 3.05) is 18.5 Å². The number of fused-ring (bicyclic) bond motifs is 2. The highest BCUT2D eigenvalue weighted by Gasteiger charge is 2.36. The van der Waals surface area contributed by atoms with Crippen molar-refractivity contribution in [1.82, 2.24) is 4.90 Å². The standard InChI is InChI=1S/C18H24N2O2/c21-18(19-15-9-8-13-4-3-5-14(13)12-15)20-10-11-22-17-7-2-1-6-16(17)20/h8-9,12,16-17H,1-7,10-11H2,(H,19,21)/t16-,17-/m1/s1. The Labute approximate surface area is 131 Å². The number of amides is 2. The van der Waals surface area contributed by atoms with E-state index in [-0.39, 0.29) is 18.2 Å². The molecule has 4 nitrogen and oxygen atoms in total. The van der Waals surface area contributed by atoms with Gasteiger partial charge in [-0.3, -0.25) is 0 Å². The Balaban J connectivity index is 1.47. The maximum atomic E-state index is 12.7. The van der Waals surface area contributed by atoms with Gasteiger partial charge in [0.05, 0.1) is 18.8 Å². The van der Waals surface area contributed by atoms with Crippen molar-refractivity contribution < 1.29 is 9.53 Å². The van der Waals surface area contributed by atoms with Crippen molar-refractivity contribution in [3.05, 3.63) is 29.3 Å². The van der Waals surface area contributed by atoms with Crippen LogP contribution in [-0.2, 0) is 17.6 Å². The molecule has 3 aliphatic rings. The lowest BCUT2D eigenvalue weighted by Crippen LogP contribution is -2.55. The van der Waals surface area contributed by atoms with E-state index in [1.54, 1.807) is 0 Å². The molecule has 1 saturated carbocycles. The van der Waals surface area contributed by atoms with Crippen LogP contribution < -0.4 is 5.32 Å². The van der Waals surface area contributed by atoms with E-state index in [1.165, 1.54) is 36.8 Å². The summed E-state index contributed by atoms with van der Waals surface area (Å²) in [7, 11) is 0. The summed E-state index contributed by atoms with van der Waals surface area (Å²) in [4.78, 5) is 14.7. The Hall–Kier alpha value is -1.55. The summed E-state index contributed by atoms with van der Waals surface area (Å²) in [6, 6.07) is 6.66. The largest absolute Gasteiger partial charge is 0.374 e. The SMILES string of the molecule is O=C(Nc1ccc2c(c1)CCC2)N1CCO[C@@H]2CCCC[C@H]21. The van der Waals surface area contributed by atoms with Crippen LogP contribution in [-0.4, -0.2) is 36.2 Å². The number of carbonyl (C=O) groups is 1. The molecular weight excluding hydrogens is 276 g/mol. The van der Waals surface area contributed by atoms with Gasteiger partial charge in [-0.05, 0) is 55.4 Å².